The van der Waals surface area contributed by atoms with Crippen molar-refractivity contribution in [3.05, 3.63) is 82.8 Å². The summed E-state index contributed by atoms with van der Waals surface area (Å²) in [5, 5.41) is 10.9. The standard InChI is InChI=1S/C25H18ClF4N3O3/c1-35-20-5-3-2-4-17(20)21-22(32-24(31)33-23(21)25(28,29)30)16-9-8-15(11-19(16)34)36-12-13-6-7-14(27)10-18(13)26/h2-11,34H,12H2,1H3,(H2,31,32,33). The molecule has 0 atom stereocenters. The molecule has 0 saturated heterocycles. The van der Waals surface area contributed by atoms with Crippen molar-refractivity contribution >= 4 is 17.5 Å². The number of alkyl halides is 3. The lowest BCUT2D eigenvalue weighted by molar-refractivity contribution is -0.140. The highest BCUT2D eigenvalue weighted by atomic mass is 35.5. The van der Waals surface area contributed by atoms with Gasteiger partial charge in [-0.05, 0) is 30.3 Å². The first-order valence-corrected chi connectivity index (χ1v) is 10.7. The molecule has 0 fully saturated rings. The normalized spacial score (nSPS) is 11.4. The van der Waals surface area contributed by atoms with Crippen LogP contribution in [0.1, 0.15) is 11.3 Å². The van der Waals surface area contributed by atoms with Crippen LogP contribution in [-0.2, 0) is 12.8 Å². The molecule has 0 aliphatic rings. The number of aromatic nitrogens is 2. The van der Waals surface area contributed by atoms with Crippen molar-refractivity contribution in [1.29, 1.82) is 0 Å². The van der Waals surface area contributed by atoms with Crippen molar-refractivity contribution in [2.75, 3.05) is 12.8 Å². The molecule has 3 aromatic carbocycles. The Morgan fingerprint density at radius 3 is 2.42 bits per heavy atom. The third kappa shape index (κ3) is 5.13. The molecule has 1 heterocycles. The molecule has 0 amide bonds. The van der Waals surface area contributed by atoms with Crippen molar-refractivity contribution in [2.45, 2.75) is 12.8 Å². The van der Waals surface area contributed by atoms with Crippen LogP contribution in [0.3, 0.4) is 0 Å². The van der Waals surface area contributed by atoms with E-state index in [4.69, 9.17) is 26.8 Å². The van der Waals surface area contributed by atoms with Crippen LogP contribution >= 0.6 is 11.6 Å². The van der Waals surface area contributed by atoms with E-state index < -0.39 is 34.9 Å². The number of benzene rings is 3. The second-order valence-corrected chi connectivity index (χ2v) is 7.96. The number of nitrogens with two attached hydrogens (primary N) is 1. The topological polar surface area (TPSA) is 90.5 Å². The number of anilines is 1. The molecule has 3 N–H and O–H groups in total. The van der Waals surface area contributed by atoms with E-state index in [1.165, 1.54) is 55.6 Å². The van der Waals surface area contributed by atoms with Crippen molar-refractivity contribution in [1.82, 2.24) is 9.97 Å². The lowest BCUT2D eigenvalue weighted by Gasteiger charge is -2.19. The number of phenols is 1. The molecule has 0 unspecified atom stereocenters. The van der Waals surface area contributed by atoms with Crippen LogP contribution in [-0.4, -0.2) is 22.2 Å². The lowest BCUT2D eigenvalue weighted by atomic mass is 9.96. The zero-order chi connectivity index (χ0) is 26.0. The van der Waals surface area contributed by atoms with E-state index in [-0.39, 0.29) is 39.9 Å². The number of nitrogens with zero attached hydrogens (tertiary/aromatic N) is 2. The van der Waals surface area contributed by atoms with Gasteiger partial charge in [0, 0.05) is 28.3 Å². The Kier molecular flexibility index (Phi) is 6.89. The van der Waals surface area contributed by atoms with Gasteiger partial charge in [-0.2, -0.15) is 13.2 Å². The van der Waals surface area contributed by atoms with Crippen LogP contribution in [0.4, 0.5) is 23.5 Å². The van der Waals surface area contributed by atoms with E-state index in [1.54, 1.807) is 6.07 Å². The van der Waals surface area contributed by atoms with Crippen LogP contribution in [0, 0.1) is 5.82 Å². The first-order chi connectivity index (χ1) is 17.1. The van der Waals surface area contributed by atoms with Crippen LogP contribution < -0.4 is 15.2 Å². The number of hydrogen-bond donors (Lipinski definition) is 2. The summed E-state index contributed by atoms with van der Waals surface area (Å²) in [7, 11) is 1.32. The first kappa shape index (κ1) is 25.1. The van der Waals surface area contributed by atoms with E-state index in [0.29, 0.717) is 5.56 Å². The predicted molar refractivity (Wildman–Crippen MR) is 126 cm³/mol. The fraction of sp³-hybridized carbons (Fsp3) is 0.120. The maximum absolute atomic E-state index is 14.0. The van der Waals surface area contributed by atoms with Crippen molar-refractivity contribution in [3.63, 3.8) is 0 Å². The number of ether oxygens (including phenoxy) is 2. The highest BCUT2D eigenvalue weighted by Gasteiger charge is 2.39. The van der Waals surface area contributed by atoms with Gasteiger partial charge in [-0.15, -0.1) is 0 Å². The van der Waals surface area contributed by atoms with E-state index in [9.17, 15) is 22.7 Å². The van der Waals surface area contributed by atoms with Crippen molar-refractivity contribution in [3.8, 4) is 39.6 Å². The average molecular weight is 520 g/mol. The SMILES string of the molecule is COc1ccccc1-c1c(-c2ccc(OCc3ccc(F)cc3Cl)cc2O)nc(N)nc1C(F)(F)F. The van der Waals surface area contributed by atoms with Gasteiger partial charge < -0.3 is 20.3 Å². The van der Waals surface area contributed by atoms with Gasteiger partial charge in [0.2, 0.25) is 5.95 Å². The van der Waals surface area contributed by atoms with E-state index >= 15 is 0 Å². The highest BCUT2D eigenvalue weighted by molar-refractivity contribution is 6.31. The maximum Gasteiger partial charge on any atom is 0.434 e. The molecule has 0 bridgehead atoms. The van der Waals surface area contributed by atoms with Crippen LogP contribution in [0.25, 0.3) is 22.4 Å². The largest absolute Gasteiger partial charge is 0.507 e. The summed E-state index contributed by atoms with van der Waals surface area (Å²) >= 11 is 6.00. The lowest BCUT2D eigenvalue weighted by Crippen LogP contribution is -2.14. The smallest absolute Gasteiger partial charge is 0.434 e. The summed E-state index contributed by atoms with van der Waals surface area (Å²) in [6.45, 7) is -0.0386. The molecule has 0 saturated carbocycles. The number of para-hydroxylation sites is 1. The second-order valence-electron chi connectivity index (χ2n) is 7.56. The molecule has 0 aliphatic carbocycles. The van der Waals surface area contributed by atoms with Crippen molar-refractivity contribution < 1.29 is 32.1 Å². The molecule has 36 heavy (non-hydrogen) atoms. The Morgan fingerprint density at radius 1 is 1.00 bits per heavy atom. The van der Waals surface area contributed by atoms with Gasteiger partial charge in [0.15, 0.2) is 5.69 Å². The average Bonchev–Trinajstić information content (AvgIpc) is 2.82. The number of nitrogen functional groups attached to an aromatic ring is 1. The summed E-state index contributed by atoms with van der Waals surface area (Å²) in [4.78, 5) is 7.48. The van der Waals surface area contributed by atoms with Gasteiger partial charge in [0.05, 0.1) is 17.8 Å². The van der Waals surface area contributed by atoms with Gasteiger partial charge >= 0.3 is 6.18 Å². The number of rotatable bonds is 6. The summed E-state index contributed by atoms with van der Waals surface area (Å²) in [6.07, 6.45) is -4.88. The first-order valence-electron chi connectivity index (χ1n) is 10.4. The van der Waals surface area contributed by atoms with Crippen LogP contribution in [0.5, 0.6) is 17.2 Å². The molecular formula is C25H18ClF4N3O3. The minimum atomic E-state index is -4.88. The Hall–Kier alpha value is -4.05. The van der Waals surface area contributed by atoms with E-state index in [0.717, 1.165) is 6.07 Å². The minimum absolute atomic E-state index is 0.0386. The zero-order valence-electron chi connectivity index (χ0n) is 18.6. The monoisotopic (exact) mass is 519 g/mol. The molecule has 4 rings (SSSR count). The Bertz CT molecular complexity index is 1430. The number of hydrogen-bond acceptors (Lipinski definition) is 6. The quantitative estimate of drug-likeness (QED) is 0.283. The van der Waals surface area contributed by atoms with Crippen molar-refractivity contribution in [2.24, 2.45) is 0 Å². The fourth-order valence-corrected chi connectivity index (χ4v) is 3.81. The predicted octanol–water partition coefficient (Wildman–Crippen LogP) is 6.50. The van der Waals surface area contributed by atoms with E-state index in [2.05, 4.69) is 9.97 Å². The zero-order valence-corrected chi connectivity index (χ0v) is 19.4. The fourth-order valence-electron chi connectivity index (χ4n) is 3.59. The Balaban J connectivity index is 1.80. The Morgan fingerprint density at radius 2 is 1.75 bits per heavy atom. The molecule has 0 radical (unpaired) electrons. The molecule has 1 aromatic heterocycles. The van der Waals surface area contributed by atoms with Crippen LogP contribution in [0.15, 0.2) is 60.7 Å². The molecule has 6 nitrogen and oxygen atoms in total. The molecule has 0 spiro atoms. The third-order valence-electron chi connectivity index (χ3n) is 5.20. The third-order valence-corrected chi connectivity index (χ3v) is 5.56. The van der Waals surface area contributed by atoms with Gasteiger partial charge in [-0.25, -0.2) is 14.4 Å². The molecule has 11 heteroatoms. The summed E-state index contributed by atoms with van der Waals surface area (Å²) in [6, 6.07) is 13.9. The second kappa shape index (κ2) is 9.90. The summed E-state index contributed by atoms with van der Waals surface area (Å²) in [5.41, 5.74) is 4.22. The Labute approximate surface area is 207 Å². The van der Waals surface area contributed by atoms with E-state index in [1.807, 2.05) is 0 Å². The number of methoxy groups -OCH3 is 1. The van der Waals surface area contributed by atoms with Gasteiger partial charge in [0.1, 0.15) is 29.7 Å². The molecule has 0 aliphatic heterocycles. The molecule has 4 aromatic rings. The molecule has 186 valence electrons. The van der Waals surface area contributed by atoms with Gasteiger partial charge in [-0.1, -0.05) is 35.9 Å². The minimum Gasteiger partial charge on any atom is -0.507 e. The van der Waals surface area contributed by atoms with Crippen LogP contribution in [0.2, 0.25) is 5.02 Å². The number of halogens is 5. The summed E-state index contributed by atoms with van der Waals surface area (Å²) < 4.78 is 66.2. The van der Waals surface area contributed by atoms with Gasteiger partial charge in [-0.3, -0.25) is 0 Å². The summed E-state index contributed by atoms with van der Waals surface area (Å²) in [5.74, 6) is -1.21. The highest BCUT2D eigenvalue weighted by Crippen LogP contribution is 2.46. The maximum atomic E-state index is 14.0. The van der Waals surface area contributed by atoms with Gasteiger partial charge in [0.25, 0.3) is 0 Å². The molecular weight excluding hydrogens is 502 g/mol. The number of phenolic OH excluding ortho intramolecular Hbond substituents is 1. The number of aromatic hydroxyl groups is 1.